The van der Waals surface area contributed by atoms with Gasteiger partial charge in [-0.3, -0.25) is 0 Å². The number of allylic oxidation sites excluding steroid dienone is 14. The minimum atomic E-state index is 1.05. The quantitative estimate of drug-likeness (QED) is 0.333. The molecule has 0 radical (unpaired) electrons. The van der Waals surface area contributed by atoms with Gasteiger partial charge in [-0.15, -0.1) is 0 Å². The van der Waals surface area contributed by atoms with Gasteiger partial charge in [0.05, 0.1) is 0 Å². The van der Waals surface area contributed by atoms with Gasteiger partial charge in [0, 0.05) is 0 Å². The number of hydrogen-bond acceptors (Lipinski definition) is 0. The van der Waals surface area contributed by atoms with Crippen LogP contribution < -0.4 is 0 Å². The molecular formula is C25H36. The second-order valence-electron chi connectivity index (χ2n) is 5.98. The average molecular weight is 337 g/mol. The Bertz CT molecular complexity index is 598. The zero-order chi connectivity index (χ0) is 19.1. The summed E-state index contributed by atoms with van der Waals surface area (Å²) in [5.41, 5.74) is 6.64. The average Bonchev–Trinajstić information content (AvgIpc) is 2.62. The second kappa shape index (κ2) is 14.3. The van der Waals surface area contributed by atoms with Crippen molar-refractivity contribution in [2.45, 2.75) is 60.3 Å². The van der Waals surface area contributed by atoms with E-state index >= 15 is 0 Å². The van der Waals surface area contributed by atoms with Crippen molar-refractivity contribution in [1.29, 1.82) is 0 Å². The van der Waals surface area contributed by atoms with Crippen molar-refractivity contribution in [2.75, 3.05) is 0 Å². The van der Waals surface area contributed by atoms with Gasteiger partial charge in [0.25, 0.3) is 0 Å². The van der Waals surface area contributed by atoms with E-state index in [1.807, 2.05) is 24.3 Å². The molecule has 0 saturated carbocycles. The Hall–Kier alpha value is -2.08. The molecule has 136 valence electrons. The molecule has 0 saturated heterocycles. The van der Waals surface area contributed by atoms with Gasteiger partial charge in [-0.1, -0.05) is 94.5 Å². The zero-order valence-corrected chi connectivity index (χ0v) is 16.9. The van der Waals surface area contributed by atoms with Crippen LogP contribution in [0.3, 0.4) is 0 Å². The van der Waals surface area contributed by atoms with Gasteiger partial charge >= 0.3 is 0 Å². The molecule has 25 heavy (non-hydrogen) atoms. The van der Waals surface area contributed by atoms with E-state index < -0.39 is 0 Å². The maximum Gasteiger partial charge on any atom is -0.0149 e. The molecule has 0 aliphatic heterocycles. The lowest BCUT2D eigenvalue weighted by Gasteiger charge is -2.16. The standard InChI is InChI=1S/C25H36/c1-8-14-19-24(21(7)22(13-6)16-10-3)25(20-15-9-2)23(17-11-4)18-12-5/h8-9,11,13-15,17,19-20H,1-2,10,12,16,18H2,3-7H3/b17-11-,19-14-,20-15-,22-13-,24-21+,25-23-. The lowest BCUT2D eigenvalue weighted by Crippen LogP contribution is -1.97. The molecule has 0 aromatic carbocycles. The molecule has 0 atom stereocenters. The van der Waals surface area contributed by atoms with Crippen LogP contribution in [-0.4, -0.2) is 0 Å². The van der Waals surface area contributed by atoms with E-state index in [9.17, 15) is 0 Å². The highest BCUT2D eigenvalue weighted by Crippen LogP contribution is 2.30. The van der Waals surface area contributed by atoms with Gasteiger partial charge in [-0.2, -0.15) is 0 Å². The summed E-state index contributed by atoms with van der Waals surface area (Å²) < 4.78 is 0. The first kappa shape index (κ1) is 22.9. The highest BCUT2D eigenvalue weighted by Gasteiger charge is 2.11. The predicted molar refractivity (Wildman–Crippen MR) is 117 cm³/mol. The molecule has 0 unspecified atom stereocenters. The molecule has 0 fully saturated rings. The van der Waals surface area contributed by atoms with Crippen LogP contribution in [0.25, 0.3) is 0 Å². The number of rotatable bonds is 11. The minimum Gasteiger partial charge on any atom is -0.0991 e. The fraction of sp³-hybridized carbons (Fsp3) is 0.360. The molecule has 0 amide bonds. The molecule has 0 heterocycles. The van der Waals surface area contributed by atoms with Crippen LogP contribution in [0.2, 0.25) is 0 Å². The van der Waals surface area contributed by atoms with Gasteiger partial charge < -0.3 is 0 Å². The fourth-order valence-corrected chi connectivity index (χ4v) is 2.88. The molecule has 0 aromatic heterocycles. The van der Waals surface area contributed by atoms with E-state index in [-0.39, 0.29) is 0 Å². The first-order valence-electron chi connectivity index (χ1n) is 9.41. The Balaban J connectivity index is 6.70. The normalized spacial score (nSPS) is 15.0. The van der Waals surface area contributed by atoms with E-state index in [4.69, 9.17) is 0 Å². The van der Waals surface area contributed by atoms with Crippen LogP contribution in [0.1, 0.15) is 60.3 Å². The number of hydrogen-bond donors (Lipinski definition) is 0. The zero-order valence-electron chi connectivity index (χ0n) is 16.9. The summed E-state index contributed by atoms with van der Waals surface area (Å²) >= 11 is 0. The summed E-state index contributed by atoms with van der Waals surface area (Å²) in [5.74, 6) is 0. The third-order valence-electron chi connectivity index (χ3n) is 4.07. The van der Waals surface area contributed by atoms with Crippen LogP contribution >= 0.6 is 0 Å². The van der Waals surface area contributed by atoms with Gasteiger partial charge in [-0.05, 0) is 61.5 Å². The molecule has 0 spiro atoms. The van der Waals surface area contributed by atoms with Crippen LogP contribution in [0.5, 0.6) is 0 Å². The lowest BCUT2D eigenvalue weighted by atomic mass is 9.88. The molecule has 0 nitrogen and oxygen atoms in total. The van der Waals surface area contributed by atoms with Crippen LogP contribution in [0.4, 0.5) is 0 Å². The largest absolute Gasteiger partial charge is 0.0991 e. The Kier molecular flexibility index (Phi) is 13.1. The van der Waals surface area contributed by atoms with Crippen molar-refractivity contribution in [3.63, 3.8) is 0 Å². The molecule has 0 aliphatic carbocycles. The smallest absolute Gasteiger partial charge is 0.0149 e. The topological polar surface area (TPSA) is 0 Å². The van der Waals surface area contributed by atoms with Crippen molar-refractivity contribution in [3.8, 4) is 0 Å². The SMILES string of the molecule is C=C\C=C/C(=C(\C=C/C)CCC)C(/C=C\C=C)=C(C)/C(=C\C)CCC. The van der Waals surface area contributed by atoms with Crippen molar-refractivity contribution in [2.24, 2.45) is 0 Å². The summed E-state index contributed by atoms with van der Waals surface area (Å²) in [6.07, 6.45) is 23.1. The molecule has 0 N–H and O–H groups in total. The van der Waals surface area contributed by atoms with E-state index in [1.165, 1.54) is 27.9 Å². The molecule has 0 aromatic rings. The first-order chi connectivity index (χ1) is 12.1. The molecule has 0 aliphatic rings. The monoisotopic (exact) mass is 336 g/mol. The highest BCUT2D eigenvalue weighted by atomic mass is 14.2. The molecule has 0 bridgehead atoms. The van der Waals surface area contributed by atoms with Gasteiger partial charge in [0.15, 0.2) is 0 Å². The van der Waals surface area contributed by atoms with Crippen LogP contribution in [-0.2, 0) is 0 Å². The minimum absolute atomic E-state index is 1.05. The molecular weight excluding hydrogens is 300 g/mol. The second-order valence-corrected chi connectivity index (χ2v) is 5.98. The Morgan fingerprint density at radius 3 is 1.80 bits per heavy atom. The van der Waals surface area contributed by atoms with Gasteiger partial charge in [-0.25, -0.2) is 0 Å². The summed E-state index contributed by atoms with van der Waals surface area (Å²) in [6, 6.07) is 0. The van der Waals surface area contributed by atoms with E-state index in [2.05, 4.69) is 78.2 Å². The fourth-order valence-electron chi connectivity index (χ4n) is 2.88. The van der Waals surface area contributed by atoms with Crippen molar-refractivity contribution >= 4 is 0 Å². The lowest BCUT2D eigenvalue weighted by molar-refractivity contribution is 0.903. The summed E-state index contributed by atoms with van der Waals surface area (Å²) in [6.45, 7) is 18.6. The van der Waals surface area contributed by atoms with Crippen molar-refractivity contribution in [3.05, 3.63) is 95.7 Å². The third-order valence-corrected chi connectivity index (χ3v) is 4.07. The van der Waals surface area contributed by atoms with Crippen molar-refractivity contribution in [1.82, 2.24) is 0 Å². The Morgan fingerprint density at radius 2 is 1.36 bits per heavy atom. The maximum absolute atomic E-state index is 3.84. The Labute approximate surface area is 156 Å². The summed E-state index contributed by atoms with van der Waals surface area (Å²) in [4.78, 5) is 0. The predicted octanol–water partition coefficient (Wildman–Crippen LogP) is 8.21. The highest BCUT2D eigenvalue weighted by molar-refractivity contribution is 5.58. The molecule has 0 rings (SSSR count). The summed E-state index contributed by atoms with van der Waals surface area (Å²) in [7, 11) is 0. The van der Waals surface area contributed by atoms with Crippen LogP contribution in [0, 0.1) is 0 Å². The Morgan fingerprint density at radius 1 is 0.800 bits per heavy atom. The summed E-state index contributed by atoms with van der Waals surface area (Å²) in [5, 5.41) is 0. The van der Waals surface area contributed by atoms with Crippen molar-refractivity contribution < 1.29 is 0 Å². The first-order valence-corrected chi connectivity index (χ1v) is 9.41. The van der Waals surface area contributed by atoms with E-state index in [0.717, 1.165) is 25.7 Å². The maximum atomic E-state index is 3.84. The van der Waals surface area contributed by atoms with Gasteiger partial charge in [0.1, 0.15) is 0 Å². The van der Waals surface area contributed by atoms with Crippen LogP contribution in [0.15, 0.2) is 95.7 Å². The van der Waals surface area contributed by atoms with E-state index in [1.54, 1.807) is 0 Å². The van der Waals surface area contributed by atoms with E-state index in [0.29, 0.717) is 0 Å². The van der Waals surface area contributed by atoms with Gasteiger partial charge in [0.2, 0.25) is 0 Å². The molecule has 0 heteroatoms. The third kappa shape index (κ3) is 8.03.